The van der Waals surface area contributed by atoms with Crippen LogP contribution in [0.15, 0.2) is 42.7 Å². The first-order valence-corrected chi connectivity index (χ1v) is 10.1. The Bertz CT molecular complexity index is 778. The second kappa shape index (κ2) is 7.40. The first-order valence-electron chi connectivity index (χ1n) is 8.29. The zero-order valence-corrected chi connectivity index (χ0v) is 14.7. The van der Waals surface area contributed by atoms with Crippen molar-refractivity contribution in [1.29, 1.82) is 0 Å². The van der Waals surface area contributed by atoms with Crippen molar-refractivity contribution in [3.63, 3.8) is 0 Å². The highest BCUT2D eigenvalue weighted by Crippen LogP contribution is 2.22. The first kappa shape index (κ1) is 17.0. The van der Waals surface area contributed by atoms with Crippen LogP contribution in [0, 0.1) is 5.92 Å². The van der Waals surface area contributed by atoms with Crippen molar-refractivity contribution in [2.45, 2.75) is 25.7 Å². The molecule has 24 heavy (non-hydrogen) atoms. The molecule has 2 heterocycles. The number of piperidine rings is 1. The van der Waals surface area contributed by atoms with Crippen molar-refractivity contribution >= 4 is 10.0 Å². The molecule has 0 unspecified atom stereocenters. The Morgan fingerprint density at radius 1 is 1.17 bits per heavy atom. The van der Waals surface area contributed by atoms with Crippen molar-refractivity contribution in [2.75, 3.05) is 19.3 Å². The van der Waals surface area contributed by atoms with Gasteiger partial charge in [-0.3, -0.25) is 9.97 Å². The molecule has 1 saturated heterocycles. The van der Waals surface area contributed by atoms with Crippen LogP contribution in [0.2, 0.25) is 0 Å². The molecule has 1 aliphatic heterocycles. The molecule has 0 aliphatic carbocycles. The summed E-state index contributed by atoms with van der Waals surface area (Å²) in [5.74, 6) is 0.315. The van der Waals surface area contributed by atoms with Crippen molar-refractivity contribution in [1.82, 2.24) is 14.3 Å². The molecule has 0 N–H and O–H groups in total. The third kappa shape index (κ3) is 4.61. The van der Waals surface area contributed by atoms with E-state index in [0.717, 1.165) is 37.1 Å². The lowest BCUT2D eigenvalue weighted by Crippen LogP contribution is -2.39. The van der Waals surface area contributed by atoms with Crippen molar-refractivity contribution in [2.24, 2.45) is 5.92 Å². The van der Waals surface area contributed by atoms with E-state index in [9.17, 15) is 8.42 Å². The Hall–Kier alpha value is -1.79. The summed E-state index contributed by atoms with van der Waals surface area (Å²) in [6, 6.07) is 10.2. The lowest BCUT2D eigenvalue weighted by atomic mass is 9.95. The minimum Gasteiger partial charge on any atom is -0.261 e. The SMILES string of the molecule is CS(=O)(=O)N1CCC[C@@H](Cc2cncc(Cc3ccccc3)n2)C1. The number of hydrogen-bond acceptors (Lipinski definition) is 4. The van der Waals surface area contributed by atoms with Crippen molar-refractivity contribution in [3.05, 3.63) is 59.7 Å². The molecule has 5 nitrogen and oxygen atoms in total. The van der Waals surface area contributed by atoms with Gasteiger partial charge in [0.05, 0.1) is 17.6 Å². The number of sulfonamides is 1. The topological polar surface area (TPSA) is 63.2 Å². The monoisotopic (exact) mass is 345 g/mol. The van der Waals surface area contributed by atoms with Crippen LogP contribution in [0.3, 0.4) is 0 Å². The fourth-order valence-corrected chi connectivity index (χ4v) is 4.17. The molecule has 2 aromatic rings. The predicted molar refractivity (Wildman–Crippen MR) is 94.1 cm³/mol. The zero-order chi connectivity index (χ0) is 17.0. The molecular formula is C18H23N3O2S. The summed E-state index contributed by atoms with van der Waals surface area (Å²) < 4.78 is 25.1. The molecule has 0 saturated carbocycles. The number of hydrogen-bond donors (Lipinski definition) is 0. The van der Waals surface area contributed by atoms with E-state index in [4.69, 9.17) is 4.98 Å². The fraction of sp³-hybridized carbons (Fsp3) is 0.444. The summed E-state index contributed by atoms with van der Waals surface area (Å²) in [6.45, 7) is 1.22. The van der Waals surface area contributed by atoms with Crippen LogP contribution < -0.4 is 0 Å². The zero-order valence-electron chi connectivity index (χ0n) is 13.9. The minimum atomic E-state index is -3.10. The number of benzene rings is 1. The van der Waals surface area contributed by atoms with Gasteiger partial charge in [0.25, 0.3) is 0 Å². The van der Waals surface area contributed by atoms with Gasteiger partial charge in [0.15, 0.2) is 0 Å². The van der Waals surface area contributed by atoms with Gasteiger partial charge in [-0.25, -0.2) is 12.7 Å². The van der Waals surface area contributed by atoms with Crippen LogP contribution in [-0.2, 0) is 22.9 Å². The quantitative estimate of drug-likeness (QED) is 0.834. The molecule has 1 fully saturated rings. The van der Waals surface area contributed by atoms with E-state index in [2.05, 4.69) is 17.1 Å². The number of aromatic nitrogens is 2. The molecule has 1 atom stereocenters. The summed E-state index contributed by atoms with van der Waals surface area (Å²) in [4.78, 5) is 9.04. The highest BCUT2D eigenvalue weighted by Gasteiger charge is 2.26. The maximum Gasteiger partial charge on any atom is 0.211 e. The van der Waals surface area contributed by atoms with Crippen LogP contribution in [0.25, 0.3) is 0 Å². The van der Waals surface area contributed by atoms with Gasteiger partial charge in [0.2, 0.25) is 10.0 Å². The molecule has 0 spiro atoms. The third-order valence-corrected chi connectivity index (χ3v) is 5.68. The molecule has 1 aromatic carbocycles. The highest BCUT2D eigenvalue weighted by atomic mass is 32.2. The Morgan fingerprint density at radius 2 is 1.92 bits per heavy atom. The average molecular weight is 345 g/mol. The van der Waals surface area contributed by atoms with Gasteiger partial charge in [0, 0.05) is 31.9 Å². The normalized spacial score (nSPS) is 19.3. The molecule has 0 radical (unpaired) electrons. The van der Waals surface area contributed by atoms with E-state index >= 15 is 0 Å². The van der Waals surface area contributed by atoms with Crippen LogP contribution >= 0.6 is 0 Å². The van der Waals surface area contributed by atoms with Gasteiger partial charge < -0.3 is 0 Å². The van der Waals surface area contributed by atoms with E-state index in [1.165, 1.54) is 11.8 Å². The van der Waals surface area contributed by atoms with Gasteiger partial charge in [-0.2, -0.15) is 0 Å². The molecule has 1 aliphatic rings. The Morgan fingerprint density at radius 3 is 2.67 bits per heavy atom. The molecule has 1 aromatic heterocycles. The van der Waals surface area contributed by atoms with Crippen LogP contribution in [-0.4, -0.2) is 42.0 Å². The predicted octanol–water partition coefficient (Wildman–Crippen LogP) is 2.28. The molecule has 128 valence electrons. The molecule has 0 bridgehead atoms. The van der Waals surface area contributed by atoms with Crippen LogP contribution in [0.5, 0.6) is 0 Å². The van der Waals surface area contributed by atoms with Gasteiger partial charge >= 0.3 is 0 Å². The van der Waals surface area contributed by atoms with E-state index in [0.29, 0.717) is 19.0 Å². The van der Waals surface area contributed by atoms with Crippen LogP contribution in [0.4, 0.5) is 0 Å². The van der Waals surface area contributed by atoms with Gasteiger partial charge in [-0.1, -0.05) is 30.3 Å². The number of nitrogens with zero attached hydrogens (tertiary/aromatic N) is 3. The van der Waals surface area contributed by atoms with Gasteiger partial charge in [0.1, 0.15) is 0 Å². The summed E-state index contributed by atoms with van der Waals surface area (Å²) in [5, 5.41) is 0. The Kier molecular flexibility index (Phi) is 5.26. The molecular weight excluding hydrogens is 322 g/mol. The average Bonchev–Trinajstić information content (AvgIpc) is 2.56. The van der Waals surface area contributed by atoms with Crippen molar-refractivity contribution < 1.29 is 8.42 Å². The third-order valence-electron chi connectivity index (χ3n) is 4.41. The highest BCUT2D eigenvalue weighted by molar-refractivity contribution is 7.88. The van der Waals surface area contributed by atoms with Gasteiger partial charge in [-0.15, -0.1) is 0 Å². The maximum absolute atomic E-state index is 11.7. The first-order chi connectivity index (χ1) is 11.5. The van der Waals surface area contributed by atoms with E-state index in [-0.39, 0.29) is 0 Å². The van der Waals surface area contributed by atoms with E-state index in [1.807, 2.05) is 18.2 Å². The second-order valence-electron chi connectivity index (χ2n) is 6.50. The Balaban J connectivity index is 1.66. The van der Waals surface area contributed by atoms with E-state index in [1.54, 1.807) is 16.7 Å². The van der Waals surface area contributed by atoms with Gasteiger partial charge in [-0.05, 0) is 30.7 Å². The number of rotatable bonds is 5. The smallest absolute Gasteiger partial charge is 0.211 e. The lowest BCUT2D eigenvalue weighted by molar-refractivity contribution is 0.265. The Labute approximate surface area is 143 Å². The molecule has 0 amide bonds. The summed E-state index contributed by atoms with van der Waals surface area (Å²) >= 11 is 0. The van der Waals surface area contributed by atoms with Crippen molar-refractivity contribution in [3.8, 4) is 0 Å². The standard InChI is InChI=1S/C18H23N3O2S/c1-24(22,23)21-9-5-8-16(14-21)11-18-13-19-12-17(20-18)10-15-6-3-2-4-7-15/h2-4,6-7,12-13,16H,5,8-11,14H2,1H3/t16-/m0/s1. The maximum atomic E-state index is 11.7. The van der Waals surface area contributed by atoms with E-state index < -0.39 is 10.0 Å². The fourth-order valence-electron chi connectivity index (χ4n) is 3.23. The second-order valence-corrected chi connectivity index (χ2v) is 8.48. The van der Waals surface area contributed by atoms with Crippen LogP contribution in [0.1, 0.15) is 29.8 Å². The summed E-state index contributed by atoms with van der Waals surface area (Å²) in [7, 11) is -3.10. The molecule has 3 rings (SSSR count). The summed E-state index contributed by atoms with van der Waals surface area (Å²) in [6.07, 6.45) is 8.39. The minimum absolute atomic E-state index is 0.315. The molecule has 6 heteroatoms. The summed E-state index contributed by atoms with van der Waals surface area (Å²) in [5.41, 5.74) is 3.11. The lowest BCUT2D eigenvalue weighted by Gasteiger charge is -2.30. The largest absolute Gasteiger partial charge is 0.261 e.